The van der Waals surface area contributed by atoms with Gasteiger partial charge in [0, 0.05) is 25.0 Å². The number of nitrogens with one attached hydrogen (secondary N) is 2. The summed E-state index contributed by atoms with van der Waals surface area (Å²) in [5, 5.41) is 7.12. The molecule has 138 valence electrons. The molecule has 4 nitrogen and oxygen atoms in total. The van der Waals surface area contributed by atoms with E-state index in [2.05, 4.69) is 58.6 Å². The van der Waals surface area contributed by atoms with Crippen molar-refractivity contribution in [2.45, 2.75) is 39.7 Å². The van der Waals surface area contributed by atoms with E-state index < -0.39 is 0 Å². The number of benzene rings is 1. The van der Waals surface area contributed by atoms with Crippen LogP contribution in [0.5, 0.6) is 0 Å². The maximum Gasteiger partial charge on any atom is 0.172 e. The van der Waals surface area contributed by atoms with Gasteiger partial charge in [0.05, 0.1) is 6.04 Å². The third kappa shape index (κ3) is 4.73. The first kappa shape index (κ1) is 18.6. The van der Waals surface area contributed by atoms with E-state index in [-0.39, 0.29) is 6.04 Å². The van der Waals surface area contributed by atoms with Crippen molar-refractivity contribution in [2.75, 3.05) is 23.3 Å². The van der Waals surface area contributed by atoms with Crippen LogP contribution in [0.2, 0.25) is 0 Å². The molecule has 1 saturated heterocycles. The Hall–Kier alpha value is -2.14. The van der Waals surface area contributed by atoms with Gasteiger partial charge in [-0.15, -0.1) is 0 Å². The summed E-state index contributed by atoms with van der Waals surface area (Å²) < 4.78 is 0. The molecule has 0 bridgehead atoms. The zero-order chi connectivity index (χ0) is 18.5. The highest BCUT2D eigenvalue weighted by atomic mass is 32.1. The van der Waals surface area contributed by atoms with Crippen LogP contribution in [-0.2, 0) is 0 Å². The predicted octanol–water partition coefficient (Wildman–Crippen LogP) is 4.67. The normalized spacial score (nSPS) is 18.3. The third-order valence-electron chi connectivity index (χ3n) is 5.00. The second-order valence-electron chi connectivity index (χ2n) is 7.27. The minimum Gasteiger partial charge on any atom is -0.371 e. The van der Waals surface area contributed by atoms with Crippen molar-refractivity contribution in [3.8, 4) is 0 Å². The maximum absolute atomic E-state index is 5.44. The van der Waals surface area contributed by atoms with Crippen molar-refractivity contribution in [1.29, 1.82) is 0 Å². The van der Waals surface area contributed by atoms with Crippen LogP contribution in [0.4, 0.5) is 11.5 Å². The number of thiocarbonyl (C=S) groups is 1. The quantitative estimate of drug-likeness (QED) is 0.767. The van der Waals surface area contributed by atoms with Crippen LogP contribution in [0.25, 0.3) is 0 Å². The lowest BCUT2D eigenvalue weighted by Gasteiger charge is -2.33. The van der Waals surface area contributed by atoms with Gasteiger partial charge in [0.2, 0.25) is 0 Å². The second kappa shape index (κ2) is 8.49. The van der Waals surface area contributed by atoms with Crippen LogP contribution in [-0.4, -0.2) is 23.2 Å². The monoisotopic (exact) mass is 368 g/mol. The number of pyridine rings is 1. The van der Waals surface area contributed by atoms with E-state index in [4.69, 9.17) is 12.2 Å². The fourth-order valence-corrected chi connectivity index (χ4v) is 3.71. The van der Waals surface area contributed by atoms with Gasteiger partial charge in [-0.05, 0) is 74.2 Å². The van der Waals surface area contributed by atoms with Gasteiger partial charge in [0.25, 0.3) is 0 Å². The molecule has 0 spiro atoms. The molecule has 1 aliphatic heterocycles. The minimum absolute atomic E-state index is 0.133. The Kier molecular flexibility index (Phi) is 6.09. The molecular formula is C21H28N4S. The van der Waals surface area contributed by atoms with Gasteiger partial charge in [-0.25, -0.2) is 4.98 Å². The van der Waals surface area contributed by atoms with Gasteiger partial charge in [-0.3, -0.25) is 0 Å². The Morgan fingerprint density at radius 3 is 2.73 bits per heavy atom. The highest BCUT2D eigenvalue weighted by molar-refractivity contribution is 7.80. The topological polar surface area (TPSA) is 40.2 Å². The summed E-state index contributed by atoms with van der Waals surface area (Å²) in [7, 11) is 0. The lowest BCUT2D eigenvalue weighted by molar-refractivity contribution is 0.447. The number of aryl methyl sites for hydroxylation is 1. The lowest BCUT2D eigenvalue weighted by atomic mass is 9.99. The molecule has 1 fully saturated rings. The van der Waals surface area contributed by atoms with Crippen molar-refractivity contribution >= 4 is 28.8 Å². The number of hydrogen-bond acceptors (Lipinski definition) is 3. The fourth-order valence-electron chi connectivity index (χ4n) is 3.44. The van der Waals surface area contributed by atoms with Crippen LogP contribution in [0.3, 0.4) is 0 Å². The van der Waals surface area contributed by atoms with Crippen LogP contribution >= 0.6 is 12.2 Å². The average molecular weight is 369 g/mol. The molecule has 26 heavy (non-hydrogen) atoms. The molecular weight excluding hydrogens is 340 g/mol. The molecule has 1 aromatic heterocycles. The SMILES string of the molecule is Cc1cccnc1NC(=S)N[C@@H](C)c1ccc(N2CCC[C@@H](C)C2)cc1. The molecule has 0 saturated carbocycles. The molecule has 0 radical (unpaired) electrons. The molecule has 2 N–H and O–H groups in total. The van der Waals surface area contributed by atoms with Crippen molar-refractivity contribution in [1.82, 2.24) is 10.3 Å². The highest BCUT2D eigenvalue weighted by Crippen LogP contribution is 2.24. The summed E-state index contributed by atoms with van der Waals surface area (Å²) in [5.41, 5.74) is 3.61. The van der Waals surface area contributed by atoms with E-state index >= 15 is 0 Å². The Bertz CT molecular complexity index is 744. The number of hydrogen-bond donors (Lipinski definition) is 2. The van der Waals surface area contributed by atoms with E-state index in [9.17, 15) is 0 Å². The van der Waals surface area contributed by atoms with Gasteiger partial charge < -0.3 is 15.5 Å². The summed E-state index contributed by atoms with van der Waals surface area (Å²) in [6.45, 7) is 8.79. The number of aromatic nitrogens is 1. The Labute approximate surface area is 162 Å². The lowest BCUT2D eigenvalue weighted by Crippen LogP contribution is -2.34. The van der Waals surface area contributed by atoms with E-state index in [1.54, 1.807) is 6.20 Å². The Morgan fingerprint density at radius 2 is 2.04 bits per heavy atom. The summed E-state index contributed by atoms with van der Waals surface area (Å²) in [5.74, 6) is 1.58. The number of piperidine rings is 1. The van der Waals surface area contributed by atoms with Gasteiger partial charge in [-0.1, -0.05) is 25.1 Å². The summed E-state index contributed by atoms with van der Waals surface area (Å²) in [4.78, 5) is 6.82. The van der Waals surface area contributed by atoms with Gasteiger partial charge >= 0.3 is 0 Å². The zero-order valence-corrected chi connectivity index (χ0v) is 16.6. The van der Waals surface area contributed by atoms with Crippen molar-refractivity contribution in [3.05, 3.63) is 53.7 Å². The standard InChI is InChI=1S/C21H28N4S/c1-15-6-5-13-25(14-15)19-10-8-18(9-11-19)17(3)23-21(26)24-20-16(2)7-4-12-22-20/h4,7-12,15,17H,5-6,13-14H2,1-3H3,(H2,22,23,24,26)/t15-,17+/m1/s1. The van der Waals surface area contributed by atoms with Crippen LogP contribution in [0.15, 0.2) is 42.6 Å². The predicted molar refractivity (Wildman–Crippen MR) is 114 cm³/mol. The largest absolute Gasteiger partial charge is 0.371 e. The summed E-state index contributed by atoms with van der Waals surface area (Å²) in [6, 6.07) is 12.9. The molecule has 5 heteroatoms. The summed E-state index contributed by atoms with van der Waals surface area (Å²) in [6.07, 6.45) is 4.39. The maximum atomic E-state index is 5.44. The van der Waals surface area contributed by atoms with E-state index in [0.29, 0.717) is 5.11 Å². The molecule has 0 amide bonds. The Morgan fingerprint density at radius 1 is 1.27 bits per heavy atom. The third-order valence-corrected chi connectivity index (χ3v) is 5.22. The van der Waals surface area contributed by atoms with Crippen molar-refractivity contribution < 1.29 is 0 Å². The molecule has 1 aromatic carbocycles. The first-order valence-corrected chi connectivity index (χ1v) is 9.78. The van der Waals surface area contributed by atoms with Crippen molar-refractivity contribution in [3.63, 3.8) is 0 Å². The summed E-state index contributed by atoms with van der Waals surface area (Å²) >= 11 is 5.44. The molecule has 2 aromatic rings. The van der Waals surface area contributed by atoms with E-state index in [0.717, 1.165) is 30.4 Å². The van der Waals surface area contributed by atoms with Gasteiger partial charge in [0.15, 0.2) is 5.11 Å². The smallest absolute Gasteiger partial charge is 0.172 e. The molecule has 2 heterocycles. The average Bonchev–Trinajstić information content (AvgIpc) is 2.64. The number of rotatable bonds is 4. The fraction of sp³-hybridized carbons (Fsp3) is 0.429. The van der Waals surface area contributed by atoms with Gasteiger partial charge in [0.1, 0.15) is 5.82 Å². The van der Waals surface area contributed by atoms with Crippen molar-refractivity contribution in [2.24, 2.45) is 5.92 Å². The molecule has 0 aliphatic carbocycles. The zero-order valence-electron chi connectivity index (χ0n) is 15.8. The molecule has 2 atom stereocenters. The van der Waals surface area contributed by atoms with Gasteiger partial charge in [-0.2, -0.15) is 0 Å². The molecule has 0 unspecified atom stereocenters. The highest BCUT2D eigenvalue weighted by Gasteiger charge is 2.17. The molecule has 1 aliphatic rings. The minimum atomic E-state index is 0.133. The van der Waals surface area contributed by atoms with E-state index in [1.165, 1.54) is 24.1 Å². The van der Waals surface area contributed by atoms with Crippen LogP contribution in [0.1, 0.15) is 43.9 Å². The number of anilines is 2. The van der Waals surface area contributed by atoms with E-state index in [1.807, 2.05) is 19.1 Å². The Balaban J connectivity index is 1.58. The first-order valence-electron chi connectivity index (χ1n) is 9.37. The second-order valence-corrected chi connectivity index (χ2v) is 7.68. The first-order chi connectivity index (χ1) is 12.5. The number of nitrogens with zero attached hydrogens (tertiary/aromatic N) is 2. The van der Waals surface area contributed by atoms with Crippen LogP contribution < -0.4 is 15.5 Å². The molecule has 3 rings (SSSR count). The van der Waals surface area contributed by atoms with Crippen LogP contribution in [0, 0.1) is 12.8 Å².